The molecular weight excluding hydrogens is 853 g/mol. The first-order chi connectivity index (χ1) is 23.2. The number of aliphatic hydroxyl groups excluding tert-OH is 1. The topological polar surface area (TPSA) is 63.1 Å². The maximum absolute atomic E-state index is 11.7. The first-order valence-electron chi connectivity index (χ1n) is 18.0. The molecule has 0 amide bonds. The Balaban J connectivity index is 0.000000361. The van der Waals surface area contributed by atoms with Gasteiger partial charge in [-0.3, -0.25) is 4.79 Å². The van der Waals surface area contributed by atoms with Crippen LogP contribution in [0.4, 0.5) is 0 Å². The van der Waals surface area contributed by atoms with E-state index >= 15 is 0 Å². The molecule has 0 bridgehead atoms. The van der Waals surface area contributed by atoms with Crippen LogP contribution in [-0.2, 0) is 30.3 Å². The molecule has 50 heavy (non-hydrogen) atoms. The van der Waals surface area contributed by atoms with Crippen LogP contribution in [0.1, 0.15) is 79.7 Å². The molecule has 0 spiro atoms. The van der Waals surface area contributed by atoms with Gasteiger partial charge < -0.3 is 5.11 Å². The van der Waals surface area contributed by atoms with Crippen molar-refractivity contribution in [3.63, 3.8) is 0 Å². The number of fused-ring (bicyclic) bond motifs is 2. The average molecular weight is 909 g/mol. The number of ketones is 1. The molecule has 0 saturated carbocycles. The van der Waals surface area contributed by atoms with E-state index in [1.807, 2.05) is 27.7 Å². The summed E-state index contributed by atoms with van der Waals surface area (Å²) in [4.78, 5) is 21.0. The predicted octanol–water partition coefficient (Wildman–Crippen LogP) is 11.6. The van der Waals surface area contributed by atoms with E-state index in [0.29, 0.717) is 0 Å². The molecule has 1 radical (unpaired) electrons. The third-order valence-corrected chi connectivity index (χ3v) is 13.9. The average Bonchev–Trinajstić information content (AvgIpc) is 3.08. The molecule has 267 valence electrons. The molecule has 0 aliphatic heterocycles. The van der Waals surface area contributed by atoms with Crippen LogP contribution in [0.15, 0.2) is 91.0 Å². The van der Waals surface area contributed by atoms with Gasteiger partial charge in [-0.15, -0.1) is 0 Å². The van der Waals surface area contributed by atoms with Crippen LogP contribution < -0.4 is 4.40 Å². The number of allylic oxidation sites excluding steroid dienone is 2. The number of nitrogens with zero attached hydrogens (tertiary/aromatic N) is 2. The molecule has 4 nitrogen and oxygen atoms in total. The molecule has 0 aliphatic carbocycles. The Bertz CT molecular complexity index is 1930. The summed E-state index contributed by atoms with van der Waals surface area (Å²) in [6.45, 7) is 14.8. The zero-order valence-electron chi connectivity index (χ0n) is 31.6. The number of aliphatic hydroxyl groups is 1. The molecular formula is C44H55GeIrN2O2-. The smallest absolute Gasteiger partial charge is 0.512 e. The van der Waals surface area contributed by atoms with E-state index in [0.717, 1.165) is 53.6 Å². The van der Waals surface area contributed by atoms with Crippen LogP contribution >= 0.6 is 0 Å². The third kappa shape index (κ3) is 10.2. The molecule has 5 aromatic rings. The Labute approximate surface area is 316 Å². The Morgan fingerprint density at radius 1 is 0.800 bits per heavy atom. The maximum atomic E-state index is 11.7. The minimum Gasteiger partial charge on any atom is -0.512 e. The zero-order chi connectivity index (χ0) is 35.9. The fourth-order valence-corrected chi connectivity index (χ4v) is 8.76. The minimum atomic E-state index is -1.89. The Morgan fingerprint density at radius 2 is 1.42 bits per heavy atom. The van der Waals surface area contributed by atoms with Gasteiger partial charge in [0.05, 0.1) is 5.76 Å². The quantitative estimate of drug-likeness (QED) is 0.0656. The van der Waals surface area contributed by atoms with Crippen molar-refractivity contribution in [2.75, 3.05) is 0 Å². The monoisotopic (exact) mass is 910 g/mol. The van der Waals surface area contributed by atoms with Crippen molar-refractivity contribution in [1.29, 1.82) is 0 Å². The van der Waals surface area contributed by atoms with Crippen molar-refractivity contribution in [3.8, 4) is 22.5 Å². The molecule has 4 aromatic carbocycles. The van der Waals surface area contributed by atoms with Gasteiger partial charge in [0.15, 0.2) is 5.78 Å². The van der Waals surface area contributed by atoms with Gasteiger partial charge in [-0.2, -0.15) is 0 Å². The van der Waals surface area contributed by atoms with Crippen LogP contribution in [0.5, 0.6) is 0 Å². The first kappa shape index (κ1) is 41.3. The van der Waals surface area contributed by atoms with Gasteiger partial charge in [0.2, 0.25) is 0 Å². The molecule has 0 unspecified atom stereocenters. The molecule has 0 saturated heterocycles. The minimum absolute atomic E-state index is 0. The molecule has 1 N–H and O–H groups in total. The summed E-state index contributed by atoms with van der Waals surface area (Å²) < 4.78 is 1.52. The van der Waals surface area contributed by atoms with Gasteiger partial charge in [-0.05, 0) is 25.7 Å². The molecule has 6 heteroatoms. The van der Waals surface area contributed by atoms with Crippen molar-refractivity contribution in [1.82, 2.24) is 9.97 Å². The standard InChI is InChI=1S/C31H31GeN2.C13H24O2.Ir/c1-31(2,3)28-18-25(15-22-9-7-8-10-27(22)28)30-19-29(33-20-34-30)23-12-11-21-13-14-26(32(4,5)6)17-24(21)16-23;1-5-10(6-2)12(14)9-13(15)11(7-3)8-4;/h7-14,16-20H,1-6H3;9-11,14H,5-8H2,1-4H3;/q-1;;/b;12-9-;. The van der Waals surface area contributed by atoms with Crippen LogP contribution in [0.2, 0.25) is 17.3 Å². The number of aromatic nitrogens is 2. The second-order valence-corrected chi connectivity index (χ2v) is 25.9. The molecule has 5 rings (SSSR count). The van der Waals surface area contributed by atoms with Crippen molar-refractivity contribution >= 4 is 45.0 Å². The van der Waals surface area contributed by atoms with E-state index in [-0.39, 0.29) is 48.9 Å². The normalized spacial score (nSPS) is 12.2. The summed E-state index contributed by atoms with van der Waals surface area (Å²) in [5.74, 6) is 7.86. The van der Waals surface area contributed by atoms with Gasteiger partial charge in [0, 0.05) is 38.0 Å². The fourth-order valence-electron chi connectivity index (χ4n) is 6.30. The second kappa shape index (κ2) is 17.9. The van der Waals surface area contributed by atoms with Gasteiger partial charge in [-0.25, -0.2) is 0 Å². The van der Waals surface area contributed by atoms with E-state index < -0.39 is 13.3 Å². The second-order valence-electron chi connectivity index (χ2n) is 15.2. The molecule has 0 fully saturated rings. The van der Waals surface area contributed by atoms with Gasteiger partial charge in [-0.1, -0.05) is 66.7 Å². The summed E-state index contributed by atoms with van der Waals surface area (Å²) in [6, 6.07) is 30.0. The van der Waals surface area contributed by atoms with E-state index in [2.05, 4.69) is 127 Å². The third-order valence-electron chi connectivity index (χ3n) is 9.61. The van der Waals surface area contributed by atoms with E-state index in [1.165, 1.54) is 32.2 Å². The van der Waals surface area contributed by atoms with Gasteiger partial charge in [0.1, 0.15) is 0 Å². The van der Waals surface area contributed by atoms with Gasteiger partial charge in [0.25, 0.3) is 0 Å². The summed E-state index contributed by atoms with van der Waals surface area (Å²) in [6.07, 6.45) is 6.58. The Morgan fingerprint density at radius 3 is 2.04 bits per heavy atom. The number of hydrogen-bond donors (Lipinski definition) is 1. The van der Waals surface area contributed by atoms with Crippen LogP contribution in [0.25, 0.3) is 44.1 Å². The molecule has 0 atom stereocenters. The Kier molecular flexibility index (Phi) is 14.8. The summed E-state index contributed by atoms with van der Waals surface area (Å²) in [7, 11) is 0. The Hall–Kier alpha value is -3.12. The van der Waals surface area contributed by atoms with Crippen molar-refractivity contribution < 1.29 is 30.0 Å². The number of carbonyl (C=O) groups is 1. The summed E-state index contributed by atoms with van der Waals surface area (Å²) >= 11 is -1.89. The van der Waals surface area contributed by atoms with Crippen molar-refractivity contribution in [2.45, 2.75) is 96.8 Å². The van der Waals surface area contributed by atoms with E-state index in [1.54, 1.807) is 6.33 Å². The SMILES string of the molecule is CC(C)(C)c1cc(-c2cc(-c3ccc4cc[c]([Ge]([CH3])([CH3])[CH3])cc4c3)ncn2)[c-]c2ccccc12.CCC(CC)C(=O)/C=C(\O)C(CC)CC.[Ir]. The molecule has 1 aromatic heterocycles. The predicted molar refractivity (Wildman–Crippen MR) is 212 cm³/mol. The summed E-state index contributed by atoms with van der Waals surface area (Å²) in [5.41, 5.74) is 5.30. The van der Waals surface area contributed by atoms with E-state index in [9.17, 15) is 9.90 Å². The molecule has 0 aliphatic rings. The van der Waals surface area contributed by atoms with Crippen LogP contribution in [-0.4, -0.2) is 34.1 Å². The summed E-state index contributed by atoms with van der Waals surface area (Å²) in [5, 5.41) is 14.7. The first-order valence-corrected chi connectivity index (χ1v) is 25.3. The number of carbonyl (C=O) groups excluding carboxylic acids is 1. The van der Waals surface area contributed by atoms with E-state index in [4.69, 9.17) is 0 Å². The van der Waals surface area contributed by atoms with Crippen LogP contribution in [0, 0.1) is 17.9 Å². The van der Waals surface area contributed by atoms with Crippen molar-refractivity contribution in [2.24, 2.45) is 11.8 Å². The van der Waals surface area contributed by atoms with Crippen LogP contribution in [0.3, 0.4) is 0 Å². The van der Waals surface area contributed by atoms with Crippen molar-refractivity contribution in [3.05, 3.63) is 103 Å². The number of hydrogen-bond acceptors (Lipinski definition) is 4. The zero-order valence-corrected chi connectivity index (χ0v) is 36.1. The molecule has 1 heterocycles. The fraction of sp³-hybridized carbons (Fsp3) is 0.386. The van der Waals surface area contributed by atoms with Gasteiger partial charge >= 0.3 is 167 Å². The number of rotatable bonds is 10. The number of benzene rings is 4.